The molecule has 198 valence electrons. The summed E-state index contributed by atoms with van der Waals surface area (Å²) in [5.74, 6) is -0.596. The van der Waals surface area contributed by atoms with Gasteiger partial charge in [-0.2, -0.15) is 0 Å². The van der Waals surface area contributed by atoms with Gasteiger partial charge in [0.05, 0.1) is 32.7 Å². The second-order valence-electron chi connectivity index (χ2n) is 8.83. The highest BCUT2D eigenvalue weighted by Gasteiger charge is 2.28. The summed E-state index contributed by atoms with van der Waals surface area (Å²) in [6.07, 6.45) is 5.48. The molecule has 2 aromatic rings. The maximum atomic E-state index is 12.4. The lowest BCUT2D eigenvalue weighted by Gasteiger charge is -2.16. The van der Waals surface area contributed by atoms with Crippen molar-refractivity contribution < 1.29 is 19.2 Å². The van der Waals surface area contributed by atoms with Crippen LogP contribution in [-0.2, 0) is 9.59 Å². The van der Waals surface area contributed by atoms with E-state index in [0.29, 0.717) is 46.3 Å². The van der Waals surface area contributed by atoms with Gasteiger partial charge in [0, 0.05) is 28.5 Å². The number of benzene rings is 2. The molecular formula is C26H25Cl5N2O4. The molecule has 0 spiro atoms. The topological polar surface area (TPSA) is 92.3 Å². The van der Waals surface area contributed by atoms with E-state index in [1.807, 2.05) is 0 Å². The summed E-state index contributed by atoms with van der Waals surface area (Å²) < 4.78 is 0. The number of ketones is 2. The number of Topliss-reactive ketones (excluding diaryl/α,β-unsaturated/α-hetero) is 2. The van der Waals surface area contributed by atoms with Crippen LogP contribution in [0.2, 0.25) is 25.1 Å². The zero-order chi connectivity index (χ0) is 27.1. The molecule has 11 heteroatoms. The zero-order valence-electron chi connectivity index (χ0n) is 19.7. The summed E-state index contributed by atoms with van der Waals surface area (Å²) in [6, 6.07) is 6.67. The highest BCUT2D eigenvalue weighted by molar-refractivity contribution is 6.42. The molecule has 37 heavy (non-hydrogen) atoms. The fourth-order valence-electron chi connectivity index (χ4n) is 4.17. The Hall–Kier alpha value is -1.83. The Morgan fingerprint density at radius 3 is 1.65 bits per heavy atom. The molecule has 2 aromatic carbocycles. The largest absolute Gasteiger partial charge is 0.346 e. The van der Waals surface area contributed by atoms with E-state index in [9.17, 15) is 19.2 Å². The first-order chi connectivity index (χ1) is 17.6. The van der Waals surface area contributed by atoms with Crippen LogP contribution in [0.1, 0.15) is 72.1 Å². The molecule has 2 unspecified atom stereocenters. The average molecular weight is 607 g/mol. The van der Waals surface area contributed by atoms with Gasteiger partial charge in [0.1, 0.15) is 0 Å². The van der Waals surface area contributed by atoms with Crippen LogP contribution in [0.3, 0.4) is 0 Å². The molecule has 0 bridgehead atoms. The van der Waals surface area contributed by atoms with Crippen LogP contribution >= 0.6 is 58.0 Å². The first kappa shape index (κ1) is 29.7. The lowest BCUT2D eigenvalue weighted by atomic mass is 10.00. The Labute approximate surface area is 240 Å². The zero-order valence-corrected chi connectivity index (χ0v) is 23.5. The van der Waals surface area contributed by atoms with E-state index in [2.05, 4.69) is 10.6 Å². The van der Waals surface area contributed by atoms with Crippen molar-refractivity contribution in [2.24, 2.45) is 0 Å². The minimum Gasteiger partial charge on any atom is -0.346 e. The van der Waals surface area contributed by atoms with Crippen LogP contribution < -0.4 is 10.6 Å². The van der Waals surface area contributed by atoms with E-state index in [1.54, 1.807) is 12.1 Å². The number of carbonyl (C=O) groups is 4. The Balaban J connectivity index is 0.000000206. The molecule has 2 aliphatic heterocycles. The predicted octanol–water partition coefficient (Wildman–Crippen LogP) is 7.12. The van der Waals surface area contributed by atoms with Crippen LogP contribution in [0.25, 0.3) is 0 Å². The van der Waals surface area contributed by atoms with Crippen molar-refractivity contribution in [1.82, 2.24) is 10.6 Å². The molecule has 0 saturated carbocycles. The van der Waals surface area contributed by atoms with Gasteiger partial charge in [0.25, 0.3) is 0 Å². The molecule has 2 fully saturated rings. The van der Waals surface area contributed by atoms with Gasteiger partial charge >= 0.3 is 0 Å². The van der Waals surface area contributed by atoms with Crippen molar-refractivity contribution >= 4 is 81.4 Å². The predicted molar refractivity (Wildman–Crippen MR) is 147 cm³/mol. The number of hydrogen-bond acceptors (Lipinski definition) is 4. The number of hydrogen-bond donors (Lipinski definition) is 2. The van der Waals surface area contributed by atoms with E-state index in [1.165, 1.54) is 18.2 Å². The van der Waals surface area contributed by atoms with Gasteiger partial charge in [-0.15, -0.1) is 0 Å². The molecule has 2 atom stereocenters. The van der Waals surface area contributed by atoms with Crippen LogP contribution in [0.4, 0.5) is 0 Å². The quantitative estimate of drug-likeness (QED) is 0.363. The normalized spacial score (nSPS) is 19.9. The van der Waals surface area contributed by atoms with Crippen molar-refractivity contribution in [2.75, 3.05) is 0 Å². The van der Waals surface area contributed by atoms with Gasteiger partial charge in [-0.05, 0) is 56.0 Å². The molecule has 2 heterocycles. The molecule has 6 nitrogen and oxygen atoms in total. The van der Waals surface area contributed by atoms with E-state index in [-0.39, 0.29) is 39.0 Å². The van der Waals surface area contributed by atoms with E-state index >= 15 is 0 Å². The minimum atomic E-state index is -0.564. The third kappa shape index (κ3) is 8.33. The molecule has 0 aliphatic carbocycles. The first-order valence-electron chi connectivity index (χ1n) is 11.8. The molecule has 0 aromatic heterocycles. The van der Waals surface area contributed by atoms with Crippen molar-refractivity contribution in [3.8, 4) is 0 Å². The van der Waals surface area contributed by atoms with Gasteiger partial charge in [-0.3, -0.25) is 19.2 Å². The Morgan fingerprint density at radius 1 is 0.649 bits per heavy atom. The van der Waals surface area contributed by atoms with Crippen molar-refractivity contribution in [3.05, 3.63) is 66.6 Å². The van der Waals surface area contributed by atoms with Crippen molar-refractivity contribution in [2.45, 2.75) is 63.5 Å². The third-order valence-corrected chi connectivity index (χ3v) is 7.41. The number of halogens is 5. The third-order valence-electron chi connectivity index (χ3n) is 6.05. The lowest BCUT2D eigenvalue weighted by Crippen LogP contribution is -2.39. The fraction of sp³-hybridized carbons (Fsp3) is 0.385. The second-order valence-corrected chi connectivity index (χ2v) is 10.9. The van der Waals surface area contributed by atoms with E-state index in [0.717, 1.165) is 25.7 Å². The maximum Gasteiger partial charge on any atom is 0.220 e. The Morgan fingerprint density at radius 2 is 1.14 bits per heavy atom. The maximum absolute atomic E-state index is 12.4. The number of amides is 2. The van der Waals surface area contributed by atoms with Crippen LogP contribution in [0.5, 0.6) is 0 Å². The monoisotopic (exact) mass is 604 g/mol. The lowest BCUT2D eigenvalue weighted by molar-refractivity contribution is -0.122. The van der Waals surface area contributed by atoms with E-state index in [4.69, 9.17) is 58.0 Å². The van der Waals surface area contributed by atoms with Crippen molar-refractivity contribution in [1.29, 1.82) is 0 Å². The van der Waals surface area contributed by atoms with Gasteiger partial charge in [0.15, 0.2) is 11.6 Å². The SMILES string of the molecule is O=C1CCCCC(C(=O)c2c(Cl)cc(Cl)cc2Cl)N1.O=C1CCCCC(C(=O)c2ccc(Cl)cc2Cl)N1. The first-order valence-corrected chi connectivity index (χ1v) is 13.7. The minimum absolute atomic E-state index is 0.0732. The summed E-state index contributed by atoms with van der Waals surface area (Å²) in [5.41, 5.74) is 0.633. The van der Waals surface area contributed by atoms with E-state index < -0.39 is 12.1 Å². The molecule has 4 rings (SSSR count). The molecule has 0 radical (unpaired) electrons. The Kier molecular flexibility index (Phi) is 11.1. The summed E-state index contributed by atoms with van der Waals surface area (Å²) in [4.78, 5) is 47.7. The summed E-state index contributed by atoms with van der Waals surface area (Å²) in [7, 11) is 0. The fourth-order valence-corrected chi connectivity index (χ4v) is 5.67. The highest BCUT2D eigenvalue weighted by atomic mass is 35.5. The number of rotatable bonds is 4. The molecule has 2 amide bonds. The van der Waals surface area contributed by atoms with Gasteiger partial charge in [0.2, 0.25) is 11.8 Å². The Bertz CT molecular complexity index is 1180. The molecular weight excluding hydrogens is 582 g/mol. The molecule has 2 aliphatic rings. The van der Waals surface area contributed by atoms with Gasteiger partial charge < -0.3 is 10.6 Å². The molecule has 2 saturated heterocycles. The van der Waals surface area contributed by atoms with Gasteiger partial charge in [-0.25, -0.2) is 0 Å². The average Bonchev–Trinajstić information content (AvgIpc) is 3.18. The van der Waals surface area contributed by atoms with Crippen LogP contribution in [-0.4, -0.2) is 35.5 Å². The summed E-state index contributed by atoms with van der Waals surface area (Å²) in [6.45, 7) is 0. The smallest absolute Gasteiger partial charge is 0.220 e. The summed E-state index contributed by atoms with van der Waals surface area (Å²) in [5, 5.41) is 7.05. The highest BCUT2D eigenvalue weighted by Crippen LogP contribution is 2.31. The number of nitrogens with one attached hydrogen (secondary N) is 2. The van der Waals surface area contributed by atoms with Gasteiger partial charge in [-0.1, -0.05) is 70.8 Å². The summed E-state index contributed by atoms with van der Waals surface area (Å²) >= 11 is 29.7. The number of carbonyl (C=O) groups excluding carboxylic acids is 4. The van der Waals surface area contributed by atoms with Crippen molar-refractivity contribution in [3.63, 3.8) is 0 Å². The second kappa shape index (κ2) is 13.8. The van der Waals surface area contributed by atoms with Crippen LogP contribution in [0.15, 0.2) is 30.3 Å². The molecule has 2 N–H and O–H groups in total. The standard InChI is InChI=1S/C13H12Cl3NO2.C13H13Cl2NO2/c14-7-5-8(15)12(9(16)6-7)13(19)10-3-1-2-4-11(18)17-10;14-8-5-6-9(10(15)7-8)13(18)11-3-1-2-4-12(17)16-11/h5-6,10H,1-4H2,(H,17,18);5-7,11H,1-4H2,(H,16,17). The van der Waals surface area contributed by atoms with Crippen LogP contribution in [0, 0.1) is 0 Å².